The van der Waals surface area contributed by atoms with Crippen molar-refractivity contribution >= 4 is 57.1 Å². The molecule has 1 fully saturated rings. The van der Waals surface area contributed by atoms with Gasteiger partial charge in [0.05, 0.1) is 48.9 Å². The van der Waals surface area contributed by atoms with Gasteiger partial charge in [-0.15, -0.1) is 5.10 Å². The van der Waals surface area contributed by atoms with Gasteiger partial charge in [-0.2, -0.15) is 0 Å². The van der Waals surface area contributed by atoms with Gasteiger partial charge in [-0.1, -0.05) is 17.3 Å². The van der Waals surface area contributed by atoms with Gasteiger partial charge in [0.25, 0.3) is 23.3 Å². The molecule has 6 amide bonds. The molecular formula is C50H54BrF2N9O10. The molecule has 7 rings (SSSR count). The van der Waals surface area contributed by atoms with Crippen molar-refractivity contribution in [3.8, 4) is 11.4 Å². The van der Waals surface area contributed by atoms with Gasteiger partial charge in [0.1, 0.15) is 34.5 Å². The number of piperidine rings is 1. The second kappa shape index (κ2) is 24.8. The lowest BCUT2D eigenvalue weighted by molar-refractivity contribution is -0.136. The predicted molar refractivity (Wildman–Crippen MR) is 261 cm³/mol. The Labute approximate surface area is 421 Å². The fourth-order valence-corrected chi connectivity index (χ4v) is 8.57. The van der Waals surface area contributed by atoms with Crippen LogP contribution in [0.3, 0.4) is 0 Å². The first-order valence-corrected chi connectivity index (χ1v) is 24.3. The van der Waals surface area contributed by atoms with Gasteiger partial charge in [-0.25, -0.2) is 8.78 Å². The van der Waals surface area contributed by atoms with Crippen molar-refractivity contribution in [1.29, 1.82) is 0 Å². The molecule has 5 aromatic rings. The molecule has 3 aromatic carbocycles. The standard InChI is InChI=1S/C50H54BrF2N9O10/c1-30-11-12-32(26-40(30)61-31(2)25-41(45(51)50(61)69)72-29-33-13-14-34(52)27-37(33)53)46(65)56-17-4-3-7-35-28-60(59-58-35)20-6-10-42(63)55-19-22-71-24-23-70-21-18-54-38-9-5-8-36-44(38)49(68)62(48(36)67)39-15-16-43(64)57-47(39)66/h5,8-9,11-14,25-28,39,54H,3-4,6-7,10,15-24,29H2,1-2H3,(H,55,63)(H,56,65)(H,57,64,66). The number of aryl methyl sites for hydroxylation is 4. The molecule has 4 heterocycles. The molecule has 0 radical (unpaired) electrons. The minimum absolute atomic E-state index is 0.0404. The average Bonchev–Trinajstić information content (AvgIpc) is 3.91. The first-order chi connectivity index (χ1) is 34.7. The topological polar surface area (TPSA) is 234 Å². The van der Waals surface area contributed by atoms with Crippen LogP contribution < -0.4 is 31.6 Å². The molecule has 19 nitrogen and oxygen atoms in total. The number of rotatable bonds is 25. The van der Waals surface area contributed by atoms with E-state index in [1.165, 1.54) is 16.7 Å². The lowest BCUT2D eigenvalue weighted by Gasteiger charge is -2.27. The Balaban J connectivity index is 0.724. The minimum atomic E-state index is -1.04. The number of nitrogens with one attached hydrogen (secondary N) is 4. The van der Waals surface area contributed by atoms with Gasteiger partial charge < -0.3 is 30.2 Å². The average molecular weight is 1060 g/mol. The molecule has 1 unspecified atom stereocenters. The fraction of sp³-hybridized carbons (Fsp3) is 0.380. The van der Waals surface area contributed by atoms with Crippen LogP contribution in [0.1, 0.15) is 92.1 Å². The second-order valence-corrected chi connectivity index (χ2v) is 17.9. The van der Waals surface area contributed by atoms with Crippen LogP contribution in [0.15, 0.2) is 76.1 Å². The molecule has 22 heteroatoms. The molecule has 2 aromatic heterocycles. The van der Waals surface area contributed by atoms with Crippen LogP contribution in [0, 0.1) is 25.5 Å². The molecule has 2 aliphatic rings. The lowest BCUT2D eigenvalue weighted by Crippen LogP contribution is -2.54. The van der Waals surface area contributed by atoms with Crippen molar-refractivity contribution in [2.24, 2.45) is 0 Å². The van der Waals surface area contributed by atoms with E-state index < -0.39 is 46.9 Å². The number of unbranched alkanes of at least 4 members (excludes halogenated alkanes) is 1. The largest absolute Gasteiger partial charge is 0.487 e. The zero-order valence-electron chi connectivity index (χ0n) is 39.7. The normalized spacial score (nSPS) is 14.3. The number of imide groups is 2. The van der Waals surface area contributed by atoms with Crippen LogP contribution in [0.2, 0.25) is 0 Å². The molecule has 0 spiro atoms. The maximum atomic E-state index is 14.2. The van der Waals surface area contributed by atoms with Crippen LogP contribution in [-0.4, -0.2) is 112 Å². The summed E-state index contributed by atoms with van der Waals surface area (Å²) in [5.41, 5.74) is 3.47. The maximum Gasteiger partial charge on any atom is 0.273 e. The molecule has 0 aliphatic carbocycles. The first kappa shape index (κ1) is 52.6. The SMILES string of the molecule is Cc1ccc(C(=O)NCCCCc2cn(CCCC(=O)NCCOCCOCCNc3cccc4c3C(=O)N(C3CCC(=O)NC3=O)C4=O)nn2)cc1-n1c(C)cc(OCc2ccc(F)cc2F)c(Br)c1=O. The van der Waals surface area contributed by atoms with E-state index in [2.05, 4.69) is 47.5 Å². The number of amides is 6. The second-order valence-electron chi connectivity index (χ2n) is 17.1. The number of ether oxygens (including phenoxy) is 3. The van der Waals surface area contributed by atoms with E-state index in [1.807, 2.05) is 13.1 Å². The Kier molecular flexibility index (Phi) is 18.1. The van der Waals surface area contributed by atoms with E-state index in [0.29, 0.717) is 94.3 Å². The number of aromatic nitrogens is 4. The number of hydrogen-bond donors (Lipinski definition) is 4. The number of nitrogens with zero attached hydrogens (tertiary/aromatic N) is 5. The van der Waals surface area contributed by atoms with Gasteiger partial charge in [0.15, 0.2) is 0 Å². The number of carbonyl (C=O) groups excluding carboxylic acids is 6. The number of anilines is 1. The molecule has 0 saturated carbocycles. The van der Waals surface area contributed by atoms with Crippen molar-refractivity contribution < 1.29 is 51.8 Å². The van der Waals surface area contributed by atoms with Crippen molar-refractivity contribution in [2.45, 2.75) is 78.0 Å². The Morgan fingerprint density at radius 2 is 1.67 bits per heavy atom. The third-order valence-corrected chi connectivity index (χ3v) is 12.6. The summed E-state index contributed by atoms with van der Waals surface area (Å²) in [5, 5.41) is 19.5. The van der Waals surface area contributed by atoms with Crippen LogP contribution in [0.25, 0.3) is 5.69 Å². The highest BCUT2D eigenvalue weighted by molar-refractivity contribution is 9.10. The van der Waals surface area contributed by atoms with E-state index in [9.17, 15) is 42.3 Å². The van der Waals surface area contributed by atoms with Crippen molar-refractivity contribution in [2.75, 3.05) is 51.4 Å². The van der Waals surface area contributed by atoms with Gasteiger partial charge in [-0.05, 0) is 104 Å². The third kappa shape index (κ3) is 13.2. The highest BCUT2D eigenvalue weighted by Gasteiger charge is 2.45. The highest BCUT2D eigenvalue weighted by Crippen LogP contribution is 2.32. The van der Waals surface area contributed by atoms with E-state index in [1.54, 1.807) is 48.0 Å². The zero-order valence-corrected chi connectivity index (χ0v) is 41.3. The summed E-state index contributed by atoms with van der Waals surface area (Å²) < 4.78 is 47.7. The highest BCUT2D eigenvalue weighted by atomic mass is 79.9. The summed E-state index contributed by atoms with van der Waals surface area (Å²) in [6.45, 7) is 6.11. The lowest BCUT2D eigenvalue weighted by atomic mass is 10.0. The summed E-state index contributed by atoms with van der Waals surface area (Å²) >= 11 is 3.32. The quantitative estimate of drug-likeness (QED) is 0.0452. The summed E-state index contributed by atoms with van der Waals surface area (Å²) in [4.78, 5) is 90.2. The van der Waals surface area contributed by atoms with Gasteiger partial charge in [-0.3, -0.25) is 53.0 Å². The number of benzene rings is 3. The first-order valence-electron chi connectivity index (χ1n) is 23.5. The number of hydrogen-bond acceptors (Lipinski definition) is 13. The van der Waals surface area contributed by atoms with E-state index in [-0.39, 0.29) is 64.8 Å². The van der Waals surface area contributed by atoms with Crippen molar-refractivity contribution in [1.82, 2.24) is 40.4 Å². The molecule has 72 heavy (non-hydrogen) atoms. The number of carbonyl (C=O) groups is 6. The minimum Gasteiger partial charge on any atom is -0.487 e. The number of halogens is 3. The Hall–Kier alpha value is -7.17. The Morgan fingerprint density at radius 1 is 0.875 bits per heavy atom. The number of pyridine rings is 1. The molecule has 1 atom stereocenters. The van der Waals surface area contributed by atoms with E-state index >= 15 is 0 Å². The monoisotopic (exact) mass is 1060 g/mol. The smallest absolute Gasteiger partial charge is 0.273 e. The van der Waals surface area contributed by atoms with Gasteiger partial charge >= 0.3 is 0 Å². The molecular weight excluding hydrogens is 1000 g/mol. The van der Waals surface area contributed by atoms with E-state index in [0.717, 1.165) is 34.7 Å². The molecule has 4 N–H and O–H groups in total. The van der Waals surface area contributed by atoms with E-state index in [4.69, 9.17) is 14.2 Å². The van der Waals surface area contributed by atoms with Crippen molar-refractivity contribution in [3.05, 3.63) is 133 Å². The summed E-state index contributed by atoms with van der Waals surface area (Å²) in [6, 6.07) is 13.7. The molecule has 380 valence electrons. The van der Waals surface area contributed by atoms with Crippen LogP contribution in [0.5, 0.6) is 5.75 Å². The van der Waals surface area contributed by atoms with Crippen molar-refractivity contribution in [3.63, 3.8) is 0 Å². The summed E-state index contributed by atoms with van der Waals surface area (Å²) in [7, 11) is 0. The number of fused-ring (bicyclic) bond motifs is 1. The molecule has 0 bridgehead atoms. The molecule has 2 aliphatic heterocycles. The Morgan fingerprint density at radius 3 is 2.44 bits per heavy atom. The summed E-state index contributed by atoms with van der Waals surface area (Å²) in [6.07, 6.45) is 4.90. The fourth-order valence-electron chi connectivity index (χ4n) is 8.16. The van der Waals surface area contributed by atoms with Crippen LogP contribution >= 0.6 is 15.9 Å². The van der Waals surface area contributed by atoms with Gasteiger partial charge in [0.2, 0.25) is 17.7 Å². The summed E-state index contributed by atoms with van der Waals surface area (Å²) in [5.74, 6) is -3.95. The zero-order chi connectivity index (χ0) is 51.3. The van der Waals surface area contributed by atoms with Gasteiger partial charge in [0, 0.05) is 79.9 Å². The maximum absolute atomic E-state index is 14.2. The third-order valence-electron chi connectivity index (χ3n) is 11.9. The van der Waals surface area contributed by atoms with Crippen LogP contribution in [-0.2, 0) is 43.4 Å². The molecule has 1 saturated heterocycles. The Bertz CT molecular complexity index is 2910. The predicted octanol–water partition coefficient (Wildman–Crippen LogP) is 4.86. The van der Waals surface area contributed by atoms with Crippen LogP contribution in [0.4, 0.5) is 14.5 Å².